The van der Waals surface area contributed by atoms with Gasteiger partial charge in [-0.05, 0) is 37.3 Å². The van der Waals surface area contributed by atoms with Gasteiger partial charge in [0.05, 0.1) is 19.3 Å². The Morgan fingerprint density at radius 2 is 2.00 bits per heavy atom. The zero-order valence-corrected chi connectivity index (χ0v) is 12.3. The lowest BCUT2D eigenvalue weighted by Gasteiger charge is -2.07. The SMILES string of the molecule is CCOc1cccc(C(=O)Nc2ccc(C(=O)OC)cn2)c1. The number of benzene rings is 1. The second kappa shape index (κ2) is 7.21. The lowest BCUT2D eigenvalue weighted by atomic mass is 10.2. The van der Waals surface area contributed by atoms with E-state index in [1.54, 1.807) is 24.3 Å². The van der Waals surface area contributed by atoms with Gasteiger partial charge in [0.25, 0.3) is 5.91 Å². The van der Waals surface area contributed by atoms with E-state index in [0.29, 0.717) is 29.3 Å². The Morgan fingerprint density at radius 3 is 2.64 bits per heavy atom. The van der Waals surface area contributed by atoms with Crippen LogP contribution in [0.15, 0.2) is 42.6 Å². The number of rotatable bonds is 5. The lowest BCUT2D eigenvalue weighted by molar-refractivity contribution is 0.0600. The number of hydrogen-bond donors (Lipinski definition) is 1. The van der Waals surface area contributed by atoms with Crippen LogP contribution in [0.25, 0.3) is 0 Å². The number of anilines is 1. The van der Waals surface area contributed by atoms with Crippen molar-refractivity contribution >= 4 is 17.7 Å². The second-order valence-electron chi connectivity index (χ2n) is 4.34. The Morgan fingerprint density at radius 1 is 1.18 bits per heavy atom. The molecule has 1 heterocycles. The van der Waals surface area contributed by atoms with Crippen LogP contribution in [0, 0.1) is 0 Å². The van der Waals surface area contributed by atoms with E-state index in [2.05, 4.69) is 15.0 Å². The van der Waals surface area contributed by atoms with Crippen LogP contribution in [0.4, 0.5) is 5.82 Å². The number of ether oxygens (including phenoxy) is 2. The summed E-state index contributed by atoms with van der Waals surface area (Å²) in [7, 11) is 1.30. The third-order valence-electron chi connectivity index (χ3n) is 2.83. The quantitative estimate of drug-likeness (QED) is 0.858. The summed E-state index contributed by atoms with van der Waals surface area (Å²) in [6.07, 6.45) is 1.35. The molecule has 0 bridgehead atoms. The molecule has 0 aliphatic heterocycles. The van der Waals surface area contributed by atoms with Crippen molar-refractivity contribution in [3.05, 3.63) is 53.7 Å². The van der Waals surface area contributed by atoms with E-state index in [0.717, 1.165) is 0 Å². The summed E-state index contributed by atoms with van der Waals surface area (Å²) in [6, 6.07) is 9.93. The highest BCUT2D eigenvalue weighted by Crippen LogP contribution is 2.15. The molecule has 0 spiro atoms. The van der Waals surface area contributed by atoms with E-state index in [1.807, 2.05) is 6.92 Å². The summed E-state index contributed by atoms with van der Waals surface area (Å²) < 4.78 is 9.94. The average Bonchev–Trinajstić information content (AvgIpc) is 2.55. The van der Waals surface area contributed by atoms with Crippen LogP contribution in [0.1, 0.15) is 27.6 Å². The van der Waals surface area contributed by atoms with Crippen LogP contribution >= 0.6 is 0 Å². The van der Waals surface area contributed by atoms with E-state index in [9.17, 15) is 9.59 Å². The fraction of sp³-hybridized carbons (Fsp3) is 0.188. The number of nitrogens with zero attached hydrogens (tertiary/aromatic N) is 1. The van der Waals surface area contributed by atoms with E-state index in [-0.39, 0.29) is 5.91 Å². The number of methoxy groups -OCH3 is 1. The molecule has 0 fully saturated rings. The Kier molecular flexibility index (Phi) is 5.08. The predicted molar refractivity (Wildman–Crippen MR) is 81.1 cm³/mol. The van der Waals surface area contributed by atoms with Gasteiger partial charge in [-0.25, -0.2) is 9.78 Å². The summed E-state index contributed by atoms with van der Waals surface area (Å²) in [5, 5.41) is 2.65. The fourth-order valence-electron chi connectivity index (χ4n) is 1.79. The van der Waals surface area contributed by atoms with Crippen molar-refractivity contribution in [3.8, 4) is 5.75 Å². The molecule has 0 aliphatic carbocycles. The fourth-order valence-corrected chi connectivity index (χ4v) is 1.79. The van der Waals surface area contributed by atoms with Crippen molar-refractivity contribution in [1.82, 2.24) is 4.98 Å². The second-order valence-corrected chi connectivity index (χ2v) is 4.34. The molecule has 0 aliphatic rings. The van der Waals surface area contributed by atoms with Gasteiger partial charge < -0.3 is 14.8 Å². The lowest BCUT2D eigenvalue weighted by Crippen LogP contribution is -2.13. The molecule has 0 saturated heterocycles. The maximum absolute atomic E-state index is 12.1. The molecule has 2 aromatic rings. The van der Waals surface area contributed by atoms with Gasteiger partial charge in [0, 0.05) is 11.8 Å². The zero-order valence-electron chi connectivity index (χ0n) is 12.3. The molecule has 1 aromatic carbocycles. The summed E-state index contributed by atoms with van der Waals surface area (Å²) in [6.45, 7) is 2.40. The smallest absolute Gasteiger partial charge is 0.339 e. The molecule has 1 aromatic heterocycles. The maximum atomic E-state index is 12.1. The van der Waals surface area contributed by atoms with E-state index >= 15 is 0 Å². The Hall–Kier alpha value is -2.89. The minimum absolute atomic E-state index is 0.306. The number of nitrogens with one attached hydrogen (secondary N) is 1. The largest absolute Gasteiger partial charge is 0.494 e. The number of aromatic nitrogens is 1. The first-order valence-corrected chi connectivity index (χ1v) is 6.72. The van der Waals surface area contributed by atoms with Crippen molar-refractivity contribution in [2.75, 3.05) is 19.0 Å². The third-order valence-corrected chi connectivity index (χ3v) is 2.83. The van der Waals surface area contributed by atoms with Crippen molar-refractivity contribution in [3.63, 3.8) is 0 Å². The van der Waals surface area contributed by atoms with Crippen molar-refractivity contribution in [2.24, 2.45) is 0 Å². The van der Waals surface area contributed by atoms with Gasteiger partial charge in [-0.1, -0.05) is 6.07 Å². The van der Waals surface area contributed by atoms with Crippen LogP contribution in [0.5, 0.6) is 5.75 Å². The molecule has 22 heavy (non-hydrogen) atoms. The summed E-state index contributed by atoms with van der Waals surface area (Å²) in [5.41, 5.74) is 0.781. The van der Waals surface area contributed by atoms with Gasteiger partial charge in [-0.3, -0.25) is 4.79 Å². The molecule has 114 valence electrons. The molecular weight excluding hydrogens is 284 g/mol. The molecule has 6 heteroatoms. The number of carbonyl (C=O) groups is 2. The van der Waals surface area contributed by atoms with E-state index in [4.69, 9.17) is 4.74 Å². The number of esters is 1. The van der Waals surface area contributed by atoms with Gasteiger partial charge in [-0.15, -0.1) is 0 Å². The Bertz CT molecular complexity index is 668. The van der Waals surface area contributed by atoms with E-state index < -0.39 is 5.97 Å². The topological polar surface area (TPSA) is 77.5 Å². The normalized spacial score (nSPS) is 9.91. The highest BCUT2D eigenvalue weighted by atomic mass is 16.5. The van der Waals surface area contributed by atoms with Gasteiger partial charge >= 0.3 is 5.97 Å². The monoisotopic (exact) mass is 300 g/mol. The molecule has 0 atom stereocenters. The summed E-state index contributed by atoms with van der Waals surface area (Å²) in [4.78, 5) is 27.5. The molecular formula is C16H16N2O4. The number of amides is 1. The van der Waals surface area contributed by atoms with Crippen LogP contribution < -0.4 is 10.1 Å². The average molecular weight is 300 g/mol. The molecule has 6 nitrogen and oxygen atoms in total. The van der Waals surface area contributed by atoms with Gasteiger partial charge in [0.1, 0.15) is 11.6 Å². The zero-order chi connectivity index (χ0) is 15.9. The molecule has 0 unspecified atom stereocenters. The minimum atomic E-state index is -0.477. The van der Waals surface area contributed by atoms with Gasteiger partial charge in [0.2, 0.25) is 0 Å². The van der Waals surface area contributed by atoms with Crippen molar-refractivity contribution in [1.29, 1.82) is 0 Å². The molecule has 0 radical (unpaired) electrons. The molecule has 1 amide bonds. The van der Waals surface area contributed by atoms with Gasteiger partial charge in [-0.2, -0.15) is 0 Å². The minimum Gasteiger partial charge on any atom is -0.494 e. The summed E-state index contributed by atoms with van der Waals surface area (Å²) in [5.74, 6) is 0.193. The number of pyridine rings is 1. The standard InChI is InChI=1S/C16H16N2O4/c1-3-22-13-6-4-5-11(9-13)15(19)18-14-8-7-12(10-17-14)16(20)21-2/h4-10H,3H2,1-2H3,(H,17,18,19). The highest BCUT2D eigenvalue weighted by Gasteiger charge is 2.10. The van der Waals surface area contributed by atoms with Crippen molar-refractivity contribution in [2.45, 2.75) is 6.92 Å². The van der Waals surface area contributed by atoms with Crippen molar-refractivity contribution < 1.29 is 19.1 Å². The molecule has 0 saturated carbocycles. The number of carbonyl (C=O) groups excluding carboxylic acids is 2. The first-order valence-electron chi connectivity index (χ1n) is 6.72. The Balaban J connectivity index is 2.08. The van der Waals surface area contributed by atoms with Crippen LogP contribution in [-0.2, 0) is 4.74 Å². The van der Waals surface area contributed by atoms with E-state index in [1.165, 1.54) is 25.4 Å². The van der Waals surface area contributed by atoms with Crippen LogP contribution in [-0.4, -0.2) is 30.6 Å². The molecule has 2 rings (SSSR count). The summed E-state index contributed by atoms with van der Waals surface area (Å²) >= 11 is 0. The molecule has 1 N–H and O–H groups in total. The van der Waals surface area contributed by atoms with Crippen LogP contribution in [0.2, 0.25) is 0 Å². The number of hydrogen-bond acceptors (Lipinski definition) is 5. The first kappa shape index (κ1) is 15.5. The first-order chi connectivity index (χ1) is 10.6. The predicted octanol–water partition coefficient (Wildman–Crippen LogP) is 2.52. The third kappa shape index (κ3) is 3.82. The Labute approximate surface area is 128 Å². The van der Waals surface area contributed by atoms with Gasteiger partial charge in [0.15, 0.2) is 0 Å². The maximum Gasteiger partial charge on any atom is 0.339 e. The highest BCUT2D eigenvalue weighted by molar-refractivity contribution is 6.04. The van der Waals surface area contributed by atoms with Crippen LogP contribution in [0.3, 0.4) is 0 Å².